The molecule has 3 heterocycles. The van der Waals surface area contributed by atoms with Crippen molar-refractivity contribution >= 4 is 27.8 Å². The summed E-state index contributed by atoms with van der Waals surface area (Å²) in [5.41, 5.74) is 15.9. The van der Waals surface area contributed by atoms with Gasteiger partial charge in [-0.25, -0.2) is 9.97 Å². The summed E-state index contributed by atoms with van der Waals surface area (Å²) in [6.07, 6.45) is 1.89. The van der Waals surface area contributed by atoms with Crippen LogP contribution in [-0.4, -0.2) is 27.7 Å². The molecule has 114 valence electrons. The molecule has 0 amide bonds. The molecule has 2 aromatic heterocycles. The highest BCUT2D eigenvalue weighted by Gasteiger charge is 2.21. The standard InChI is InChI=1S/C16H19N5O/c17-6-2-4-10-3-1-5-11-13(10)15-14(16(18)19-11)20-12-9-22-8-7-21(12)15/h1,3,5H,2,4,6-9,17H2,(H2,18,19). The smallest absolute Gasteiger partial charge is 0.152 e. The van der Waals surface area contributed by atoms with E-state index < -0.39 is 0 Å². The van der Waals surface area contributed by atoms with Crippen LogP contribution in [0, 0.1) is 0 Å². The maximum atomic E-state index is 6.14. The van der Waals surface area contributed by atoms with Gasteiger partial charge >= 0.3 is 0 Å². The molecule has 0 unspecified atom stereocenters. The van der Waals surface area contributed by atoms with Gasteiger partial charge in [0.05, 0.1) is 17.6 Å². The number of imidazole rings is 1. The number of nitrogens with two attached hydrogens (primary N) is 2. The largest absolute Gasteiger partial charge is 0.382 e. The zero-order valence-corrected chi connectivity index (χ0v) is 12.4. The van der Waals surface area contributed by atoms with E-state index in [0.717, 1.165) is 47.1 Å². The molecule has 0 saturated carbocycles. The van der Waals surface area contributed by atoms with Crippen molar-refractivity contribution in [1.29, 1.82) is 0 Å². The molecule has 0 fully saturated rings. The van der Waals surface area contributed by atoms with E-state index >= 15 is 0 Å². The molecule has 0 radical (unpaired) electrons. The van der Waals surface area contributed by atoms with Crippen LogP contribution < -0.4 is 11.5 Å². The first-order valence-electron chi connectivity index (χ1n) is 7.63. The number of benzene rings is 1. The number of aromatic nitrogens is 3. The van der Waals surface area contributed by atoms with Crippen LogP contribution in [0.15, 0.2) is 18.2 Å². The molecule has 0 atom stereocenters. The zero-order chi connectivity index (χ0) is 15.1. The van der Waals surface area contributed by atoms with Crippen LogP contribution in [0.1, 0.15) is 17.8 Å². The third kappa shape index (κ3) is 1.95. The molecule has 4 rings (SSSR count). The molecule has 0 aliphatic carbocycles. The minimum atomic E-state index is 0.486. The Balaban J connectivity index is 2.08. The topological polar surface area (TPSA) is 92.0 Å². The highest BCUT2D eigenvalue weighted by Crippen LogP contribution is 2.32. The lowest BCUT2D eigenvalue weighted by atomic mass is 10.0. The summed E-state index contributed by atoms with van der Waals surface area (Å²) in [7, 11) is 0. The molecule has 0 saturated heterocycles. The molecular weight excluding hydrogens is 278 g/mol. The molecule has 3 aromatic rings. The Kier molecular flexibility index (Phi) is 3.20. The lowest BCUT2D eigenvalue weighted by Gasteiger charge is -2.16. The van der Waals surface area contributed by atoms with Gasteiger partial charge < -0.3 is 20.8 Å². The van der Waals surface area contributed by atoms with Gasteiger partial charge in [0.2, 0.25) is 0 Å². The SMILES string of the molecule is NCCCc1cccc2nc(N)c3nc4n(c3c12)CCOC4. The maximum absolute atomic E-state index is 6.14. The lowest BCUT2D eigenvalue weighted by Crippen LogP contribution is -2.16. The highest BCUT2D eigenvalue weighted by molar-refractivity contribution is 6.08. The second kappa shape index (κ2) is 5.23. The number of aryl methyl sites for hydroxylation is 1. The highest BCUT2D eigenvalue weighted by atomic mass is 16.5. The first-order valence-corrected chi connectivity index (χ1v) is 7.63. The molecule has 1 aromatic carbocycles. The van der Waals surface area contributed by atoms with Crippen LogP contribution in [0.5, 0.6) is 0 Å². The summed E-state index contributed by atoms with van der Waals surface area (Å²) >= 11 is 0. The van der Waals surface area contributed by atoms with Crippen LogP contribution in [0.4, 0.5) is 5.82 Å². The van der Waals surface area contributed by atoms with Crippen LogP contribution in [0.25, 0.3) is 21.9 Å². The number of rotatable bonds is 3. The molecule has 6 nitrogen and oxygen atoms in total. The number of hydrogen-bond acceptors (Lipinski definition) is 5. The molecule has 0 spiro atoms. The van der Waals surface area contributed by atoms with Crippen molar-refractivity contribution in [3.63, 3.8) is 0 Å². The first-order chi connectivity index (χ1) is 10.8. The summed E-state index contributed by atoms with van der Waals surface area (Å²) < 4.78 is 7.74. The first kappa shape index (κ1) is 13.5. The maximum Gasteiger partial charge on any atom is 0.152 e. The Morgan fingerprint density at radius 3 is 3.05 bits per heavy atom. The van der Waals surface area contributed by atoms with Crippen LogP contribution in [0.3, 0.4) is 0 Å². The number of ether oxygens (including phenoxy) is 1. The summed E-state index contributed by atoms with van der Waals surface area (Å²) in [5.74, 6) is 1.41. The summed E-state index contributed by atoms with van der Waals surface area (Å²) in [6.45, 7) is 2.71. The Bertz CT molecular complexity index is 855. The molecule has 4 N–H and O–H groups in total. The van der Waals surface area contributed by atoms with Gasteiger partial charge in [-0.05, 0) is 31.0 Å². The van der Waals surface area contributed by atoms with E-state index in [-0.39, 0.29) is 0 Å². The van der Waals surface area contributed by atoms with Gasteiger partial charge in [0.1, 0.15) is 17.9 Å². The number of hydrogen-bond donors (Lipinski definition) is 2. The molecule has 0 bridgehead atoms. The minimum absolute atomic E-state index is 0.486. The molecule has 1 aliphatic rings. The van der Waals surface area contributed by atoms with E-state index in [1.54, 1.807) is 0 Å². The molecule has 1 aliphatic heterocycles. The van der Waals surface area contributed by atoms with Gasteiger partial charge in [-0.1, -0.05) is 12.1 Å². The van der Waals surface area contributed by atoms with E-state index in [1.165, 1.54) is 5.56 Å². The normalized spacial score (nSPS) is 14.6. The van der Waals surface area contributed by atoms with Gasteiger partial charge in [0.25, 0.3) is 0 Å². The van der Waals surface area contributed by atoms with Crippen molar-refractivity contribution in [1.82, 2.24) is 14.5 Å². The Morgan fingerprint density at radius 2 is 2.18 bits per heavy atom. The van der Waals surface area contributed by atoms with Crippen LogP contribution in [0.2, 0.25) is 0 Å². The fraction of sp³-hybridized carbons (Fsp3) is 0.375. The van der Waals surface area contributed by atoms with Crippen molar-refractivity contribution in [3.05, 3.63) is 29.6 Å². The Morgan fingerprint density at radius 1 is 1.27 bits per heavy atom. The minimum Gasteiger partial charge on any atom is -0.382 e. The van der Waals surface area contributed by atoms with Crippen molar-refractivity contribution < 1.29 is 4.74 Å². The number of nitrogens with zero attached hydrogens (tertiary/aromatic N) is 3. The van der Waals surface area contributed by atoms with Gasteiger partial charge in [0, 0.05) is 11.9 Å². The third-order valence-corrected chi connectivity index (χ3v) is 4.24. The van der Waals surface area contributed by atoms with Crippen molar-refractivity contribution in [2.24, 2.45) is 5.73 Å². The Hall–Kier alpha value is -2.18. The molecule has 6 heteroatoms. The van der Waals surface area contributed by atoms with Crippen LogP contribution in [-0.2, 0) is 24.3 Å². The average molecular weight is 297 g/mol. The Labute approximate surface area is 128 Å². The van der Waals surface area contributed by atoms with Gasteiger partial charge in [-0.2, -0.15) is 0 Å². The van der Waals surface area contributed by atoms with E-state index in [9.17, 15) is 0 Å². The molecular formula is C16H19N5O. The second-order valence-corrected chi connectivity index (χ2v) is 5.63. The second-order valence-electron chi connectivity index (χ2n) is 5.63. The van der Waals surface area contributed by atoms with Crippen molar-refractivity contribution in [2.75, 3.05) is 18.9 Å². The predicted molar refractivity (Wildman–Crippen MR) is 86.5 cm³/mol. The summed E-state index contributed by atoms with van der Waals surface area (Å²) in [5, 5.41) is 1.15. The summed E-state index contributed by atoms with van der Waals surface area (Å²) in [6, 6.07) is 6.19. The zero-order valence-electron chi connectivity index (χ0n) is 12.4. The van der Waals surface area contributed by atoms with Gasteiger partial charge in [-0.3, -0.25) is 0 Å². The van der Waals surface area contributed by atoms with Crippen molar-refractivity contribution in [3.8, 4) is 0 Å². The van der Waals surface area contributed by atoms with E-state index in [0.29, 0.717) is 25.6 Å². The predicted octanol–water partition coefficient (Wildman–Crippen LogP) is 1.59. The van der Waals surface area contributed by atoms with E-state index in [2.05, 4.69) is 20.6 Å². The lowest BCUT2D eigenvalue weighted by molar-refractivity contribution is 0.0831. The van der Waals surface area contributed by atoms with E-state index in [1.807, 2.05) is 12.1 Å². The number of nitrogen functional groups attached to an aromatic ring is 1. The average Bonchev–Trinajstić information content (AvgIpc) is 2.93. The third-order valence-electron chi connectivity index (χ3n) is 4.24. The fourth-order valence-electron chi connectivity index (χ4n) is 3.24. The number of anilines is 1. The monoisotopic (exact) mass is 297 g/mol. The quantitative estimate of drug-likeness (QED) is 0.766. The fourth-order valence-corrected chi connectivity index (χ4v) is 3.24. The van der Waals surface area contributed by atoms with Gasteiger partial charge in [0.15, 0.2) is 5.82 Å². The molecule has 22 heavy (non-hydrogen) atoms. The van der Waals surface area contributed by atoms with E-state index in [4.69, 9.17) is 16.2 Å². The van der Waals surface area contributed by atoms with Gasteiger partial charge in [-0.15, -0.1) is 0 Å². The number of fused-ring (bicyclic) bond motifs is 5. The number of pyridine rings is 1. The van der Waals surface area contributed by atoms with Crippen LogP contribution >= 0.6 is 0 Å². The van der Waals surface area contributed by atoms with Crippen molar-refractivity contribution in [2.45, 2.75) is 26.0 Å². The summed E-state index contributed by atoms with van der Waals surface area (Å²) in [4.78, 5) is 9.20.